The van der Waals surface area contributed by atoms with Crippen LogP contribution in [0.4, 0.5) is 4.39 Å². The molecular weight excluding hydrogens is 261 g/mol. The molecule has 15 heavy (non-hydrogen) atoms. The highest BCUT2D eigenvalue weighted by Gasteiger charge is 2.14. The molecule has 0 heterocycles. The average molecular weight is 274 g/mol. The van der Waals surface area contributed by atoms with E-state index in [9.17, 15) is 9.18 Å². The van der Waals surface area contributed by atoms with Gasteiger partial charge in [0.2, 0.25) is 0 Å². The maximum absolute atomic E-state index is 13.3. The van der Waals surface area contributed by atoms with Crippen LogP contribution in [-0.4, -0.2) is 29.7 Å². The van der Waals surface area contributed by atoms with Crippen molar-refractivity contribution in [3.8, 4) is 0 Å². The minimum atomic E-state index is -0.465. The van der Waals surface area contributed by atoms with Crippen LogP contribution in [0.25, 0.3) is 0 Å². The molecule has 1 aromatic carbocycles. The van der Waals surface area contributed by atoms with E-state index in [0.717, 1.165) is 11.8 Å². The van der Waals surface area contributed by atoms with Crippen molar-refractivity contribution in [2.45, 2.75) is 6.42 Å². The fraction of sp³-hybridized carbons (Fsp3) is 0.364. The normalized spacial score (nSPS) is 10.1. The van der Waals surface area contributed by atoms with E-state index >= 15 is 0 Å². The lowest BCUT2D eigenvalue weighted by Crippen LogP contribution is -2.28. The Morgan fingerprint density at radius 3 is 2.73 bits per heavy atom. The van der Waals surface area contributed by atoms with Gasteiger partial charge >= 0.3 is 0 Å². The Bertz CT molecular complexity index is 343. The van der Waals surface area contributed by atoms with Crippen molar-refractivity contribution >= 4 is 21.8 Å². The number of carbonyl (C=O) groups is 1. The molecule has 0 aliphatic heterocycles. The van der Waals surface area contributed by atoms with Gasteiger partial charge in [-0.15, -0.1) is 0 Å². The zero-order valence-electron chi connectivity index (χ0n) is 8.54. The van der Waals surface area contributed by atoms with Crippen molar-refractivity contribution in [2.24, 2.45) is 0 Å². The lowest BCUT2D eigenvalue weighted by Gasteiger charge is -2.16. The van der Waals surface area contributed by atoms with Crippen molar-refractivity contribution in [2.75, 3.05) is 18.9 Å². The van der Waals surface area contributed by atoms with E-state index in [0.29, 0.717) is 6.54 Å². The predicted octanol–water partition coefficient (Wildman–Crippen LogP) is 2.68. The molecule has 0 atom stereocenters. The van der Waals surface area contributed by atoms with Crippen molar-refractivity contribution in [3.63, 3.8) is 0 Å². The van der Waals surface area contributed by atoms with Gasteiger partial charge in [-0.1, -0.05) is 28.1 Å². The molecule has 1 rings (SSSR count). The molecule has 0 spiro atoms. The highest BCUT2D eigenvalue weighted by molar-refractivity contribution is 9.09. The first-order valence-electron chi connectivity index (χ1n) is 4.72. The first kappa shape index (κ1) is 12.2. The summed E-state index contributed by atoms with van der Waals surface area (Å²) < 4.78 is 13.3. The third kappa shape index (κ3) is 3.30. The van der Waals surface area contributed by atoms with E-state index in [4.69, 9.17) is 0 Å². The fourth-order valence-corrected chi connectivity index (χ4v) is 1.49. The molecule has 1 aromatic rings. The summed E-state index contributed by atoms with van der Waals surface area (Å²) in [6.07, 6.45) is 0.858. The van der Waals surface area contributed by atoms with Crippen LogP contribution in [0.5, 0.6) is 0 Å². The first-order valence-corrected chi connectivity index (χ1v) is 5.85. The SMILES string of the molecule is CN(CCCBr)C(=O)c1ccccc1F. The number of hydrogen-bond acceptors (Lipinski definition) is 1. The van der Waals surface area contributed by atoms with Crippen LogP contribution >= 0.6 is 15.9 Å². The van der Waals surface area contributed by atoms with E-state index < -0.39 is 5.82 Å². The highest BCUT2D eigenvalue weighted by atomic mass is 79.9. The lowest BCUT2D eigenvalue weighted by atomic mass is 10.2. The van der Waals surface area contributed by atoms with Gasteiger partial charge in [-0.3, -0.25) is 4.79 Å². The largest absolute Gasteiger partial charge is 0.342 e. The number of carbonyl (C=O) groups excluding carboxylic acids is 1. The maximum atomic E-state index is 13.3. The van der Waals surface area contributed by atoms with Crippen molar-refractivity contribution < 1.29 is 9.18 Å². The number of rotatable bonds is 4. The Morgan fingerprint density at radius 1 is 1.47 bits per heavy atom. The number of nitrogens with zero attached hydrogens (tertiary/aromatic N) is 1. The van der Waals surface area contributed by atoms with E-state index in [1.807, 2.05) is 0 Å². The van der Waals surface area contributed by atoms with Crippen molar-refractivity contribution in [3.05, 3.63) is 35.6 Å². The number of halogens is 2. The zero-order chi connectivity index (χ0) is 11.3. The van der Waals surface area contributed by atoms with Gasteiger partial charge in [0.1, 0.15) is 5.82 Å². The standard InChI is InChI=1S/C11H13BrFNO/c1-14(8-4-7-12)11(15)9-5-2-3-6-10(9)13/h2-3,5-6H,4,7-8H2,1H3. The van der Waals surface area contributed by atoms with Gasteiger partial charge in [0.05, 0.1) is 5.56 Å². The number of benzene rings is 1. The van der Waals surface area contributed by atoms with Gasteiger partial charge in [0.25, 0.3) is 5.91 Å². The Kier molecular flexibility index (Phi) is 4.75. The molecule has 0 unspecified atom stereocenters. The van der Waals surface area contributed by atoms with Gasteiger partial charge in [0, 0.05) is 18.9 Å². The molecule has 0 saturated carbocycles. The molecule has 0 aromatic heterocycles. The summed E-state index contributed by atoms with van der Waals surface area (Å²) in [6, 6.07) is 6.03. The summed E-state index contributed by atoms with van der Waals surface area (Å²) in [7, 11) is 1.68. The maximum Gasteiger partial charge on any atom is 0.256 e. The Balaban J connectivity index is 2.72. The Hall–Kier alpha value is -0.900. The number of hydrogen-bond donors (Lipinski definition) is 0. The zero-order valence-corrected chi connectivity index (χ0v) is 10.1. The predicted molar refractivity (Wildman–Crippen MR) is 61.8 cm³/mol. The van der Waals surface area contributed by atoms with Crippen LogP contribution in [-0.2, 0) is 0 Å². The molecule has 0 aliphatic rings. The van der Waals surface area contributed by atoms with Crippen LogP contribution < -0.4 is 0 Å². The van der Waals surface area contributed by atoms with Crippen LogP contribution in [0.2, 0.25) is 0 Å². The Morgan fingerprint density at radius 2 is 2.13 bits per heavy atom. The molecule has 2 nitrogen and oxygen atoms in total. The first-order chi connectivity index (χ1) is 7.16. The summed E-state index contributed by atoms with van der Waals surface area (Å²) in [4.78, 5) is 13.3. The third-order valence-electron chi connectivity index (χ3n) is 2.08. The lowest BCUT2D eigenvalue weighted by molar-refractivity contribution is 0.0791. The van der Waals surface area contributed by atoms with Crippen LogP contribution in [0, 0.1) is 5.82 Å². The quantitative estimate of drug-likeness (QED) is 0.773. The summed E-state index contributed by atoms with van der Waals surface area (Å²) in [6.45, 7) is 0.623. The summed E-state index contributed by atoms with van der Waals surface area (Å²) >= 11 is 3.29. The molecule has 82 valence electrons. The second-order valence-corrected chi connectivity index (χ2v) is 4.04. The van der Waals surface area contributed by atoms with Gasteiger partial charge in [-0.05, 0) is 18.6 Å². The van der Waals surface area contributed by atoms with Crippen molar-refractivity contribution in [1.29, 1.82) is 0 Å². The topological polar surface area (TPSA) is 20.3 Å². The van der Waals surface area contributed by atoms with Crippen LogP contribution in [0.15, 0.2) is 24.3 Å². The molecule has 4 heteroatoms. The van der Waals surface area contributed by atoms with Crippen LogP contribution in [0.1, 0.15) is 16.8 Å². The number of amides is 1. The minimum Gasteiger partial charge on any atom is -0.342 e. The summed E-state index contributed by atoms with van der Waals surface area (Å²) in [5.74, 6) is -0.734. The van der Waals surface area contributed by atoms with Gasteiger partial charge in [-0.25, -0.2) is 4.39 Å². The van der Waals surface area contributed by atoms with E-state index in [-0.39, 0.29) is 11.5 Å². The molecular formula is C11H13BrFNO. The van der Waals surface area contributed by atoms with Gasteiger partial charge in [-0.2, -0.15) is 0 Å². The molecule has 0 aliphatic carbocycles. The average Bonchev–Trinajstić information content (AvgIpc) is 2.25. The second-order valence-electron chi connectivity index (χ2n) is 3.25. The van der Waals surface area contributed by atoms with E-state index in [1.165, 1.54) is 17.0 Å². The molecule has 0 saturated heterocycles. The second kappa shape index (κ2) is 5.85. The van der Waals surface area contributed by atoms with E-state index in [2.05, 4.69) is 15.9 Å². The number of alkyl halides is 1. The minimum absolute atomic E-state index is 0.134. The van der Waals surface area contributed by atoms with Gasteiger partial charge in [0.15, 0.2) is 0 Å². The summed E-state index contributed by atoms with van der Waals surface area (Å²) in [5.41, 5.74) is 0.134. The van der Waals surface area contributed by atoms with Gasteiger partial charge < -0.3 is 4.90 Å². The molecule has 0 bridgehead atoms. The molecule has 0 fully saturated rings. The molecule has 1 amide bonds. The van der Waals surface area contributed by atoms with Crippen molar-refractivity contribution in [1.82, 2.24) is 4.90 Å². The Labute approximate surface area is 97.2 Å². The highest BCUT2D eigenvalue weighted by Crippen LogP contribution is 2.09. The fourth-order valence-electron chi connectivity index (χ4n) is 1.24. The van der Waals surface area contributed by atoms with Crippen LogP contribution in [0.3, 0.4) is 0 Å². The monoisotopic (exact) mass is 273 g/mol. The third-order valence-corrected chi connectivity index (χ3v) is 2.64. The molecule has 0 N–H and O–H groups in total. The molecule has 0 radical (unpaired) electrons. The van der Waals surface area contributed by atoms with E-state index in [1.54, 1.807) is 19.2 Å². The summed E-state index contributed by atoms with van der Waals surface area (Å²) in [5, 5.41) is 0.835. The smallest absolute Gasteiger partial charge is 0.256 e.